The van der Waals surface area contributed by atoms with Crippen molar-refractivity contribution in [3.05, 3.63) is 34.6 Å². The Kier molecular flexibility index (Phi) is 5.37. The Bertz CT molecular complexity index is 559. The summed E-state index contributed by atoms with van der Waals surface area (Å²) < 4.78 is 39.5. The average molecular weight is 321 g/mol. The topological polar surface area (TPSA) is 58.2 Å². The Morgan fingerprint density at radius 2 is 2.25 bits per heavy atom. The summed E-state index contributed by atoms with van der Waals surface area (Å²) in [6.07, 6.45) is 1.93. The van der Waals surface area contributed by atoms with Crippen molar-refractivity contribution in [2.24, 2.45) is 5.92 Å². The fourth-order valence-corrected chi connectivity index (χ4v) is 3.89. The van der Waals surface area contributed by atoms with Gasteiger partial charge in [-0.15, -0.1) is 0 Å². The molecule has 1 unspecified atom stereocenters. The van der Waals surface area contributed by atoms with Crippen molar-refractivity contribution >= 4 is 21.6 Å². The third-order valence-electron chi connectivity index (χ3n) is 3.33. The lowest BCUT2D eigenvalue weighted by molar-refractivity contribution is 0.402. The molecule has 0 saturated carbocycles. The van der Waals surface area contributed by atoms with E-state index >= 15 is 0 Å². The largest absolute Gasteiger partial charge is 0.316 e. The van der Waals surface area contributed by atoms with Crippen LogP contribution in [0.3, 0.4) is 0 Å². The lowest BCUT2D eigenvalue weighted by Gasteiger charge is -2.22. The van der Waals surface area contributed by atoms with Crippen LogP contribution >= 0.6 is 11.6 Å². The van der Waals surface area contributed by atoms with E-state index in [2.05, 4.69) is 10.0 Å². The van der Waals surface area contributed by atoms with Crippen LogP contribution in [-0.4, -0.2) is 27.3 Å². The van der Waals surface area contributed by atoms with E-state index in [1.165, 1.54) is 18.2 Å². The van der Waals surface area contributed by atoms with Crippen LogP contribution in [-0.2, 0) is 16.6 Å². The summed E-state index contributed by atoms with van der Waals surface area (Å²) in [6.45, 7) is 1.82. The van der Waals surface area contributed by atoms with Crippen molar-refractivity contribution in [2.75, 3.05) is 18.8 Å². The summed E-state index contributed by atoms with van der Waals surface area (Å²) in [7, 11) is -3.33. The Morgan fingerprint density at radius 3 is 2.90 bits per heavy atom. The highest BCUT2D eigenvalue weighted by Crippen LogP contribution is 2.16. The molecule has 1 heterocycles. The highest BCUT2D eigenvalue weighted by molar-refractivity contribution is 7.89. The Hall–Kier alpha value is -0.690. The molecule has 20 heavy (non-hydrogen) atoms. The molecule has 112 valence electrons. The molecule has 0 amide bonds. The minimum Gasteiger partial charge on any atom is -0.316 e. The molecule has 1 fully saturated rings. The predicted molar refractivity (Wildman–Crippen MR) is 77.6 cm³/mol. The number of nitrogens with one attached hydrogen (secondary N) is 2. The number of sulfonamides is 1. The van der Waals surface area contributed by atoms with Crippen LogP contribution in [0, 0.1) is 11.7 Å². The number of rotatable bonds is 5. The molecule has 1 aromatic carbocycles. The van der Waals surface area contributed by atoms with Crippen molar-refractivity contribution in [1.82, 2.24) is 10.0 Å². The molecule has 0 bridgehead atoms. The molecule has 1 aliphatic heterocycles. The van der Waals surface area contributed by atoms with Gasteiger partial charge in [-0.2, -0.15) is 0 Å². The summed E-state index contributed by atoms with van der Waals surface area (Å²) in [6, 6.07) is 4.19. The second kappa shape index (κ2) is 6.85. The molecular formula is C13H18ClFN2O2S. The number of hydrogen-bond acceptors (Lipinski definition) is 3. The SMILES string of the molecule is O=S(=O)(CC1CCCNC1)NCc1ccc(F)c(Cl)c1. The summed E-state index contributed by atoms with van der Waals surface area (Å²) in [5.41, 5.74) is 0.641. The number of halogens is 2. The zero-order valence-electron chi connectivity index (χ0n) is 11.0. The zero-order chi connectivity index (χ0) is 14.6. The van der Waals surface area contributed by atoms with E-state index in [0.717, 1.165) is 25.9 Å². The van der Waals surface area contributed by atoms with Gasteiger partial charge in [-0.25, -0.2) is 17.5 Å². The highest BCUT2D eigenvalue weighted by Gasteiger charge is 2.20. The lowest BCUT2D eigenvalue weighted by atomic mass is 10.0. The molecule has 0 spiro atoms. The van der Waals surface area contributed by atoms with Gasteiger partial charge in [0.2, 0.25) is 10.0 Å². The molecule has 0 aromatic heterocycles. The van der Waals surface area contributed by atoms with Crippen LogP contribution < -0.4 is 10.0 Å². The maximum Gasteiger partial charge on any atom is 0.212 e. The first-order valence-corrected chi connectivity index (χ1v) is 8.61. The minimum absolute atomic E-state index is 0.00169. The van der Waals surface area contributed by atoms with Crippen molar-refractivity contribution in [3.63, 3.8) is 0 Å². The van der Waals surface area contributed by atoms with Crippen molar-refractivity contribution in [3.8, 4) is 0 Å². The van der Waals surface area contributed by atoms with Crippen molar-refractivity contribution in [2.45, 2.75) is 19.4 Å². The van der Waals surface area contributed by atoms with Crippen LogP contribution in [0.15, 0.2) is 18.2 Å². The molecular weight excluding hydrogens is 303 g/mol. The lowest BCUT2D eigenvalue weighted by Crippen LogP contribution is -2.37. The summed E-state index contributed by atoms with van der Waals surface area (Å²) in [5, 5.41) is 3.19. The Labute approximate surface area is 123 Å². The zero-order valence-corrected chi connectivity index (χ0v) is 12.6. The van der Waals surface area contributed by atoms with Crippen molar-refractivity contribution < 1.29 is 12.8 Å². The first-order valence-electron chi connectivity index (χ1n) is 6.58. The van der Waals surface area contributed by atoms with Gasteiger partial charge in [0.15, 0.2) is 0 Å². The summed E-state index contributed by atoms with van der Waals surface area (Å²) in [4.78, 5) is 0. The molecule has 1 atom stereocenters. The number of hydrogen-bond donors (Lipinski definition) is 2. The summed E-state index contributed by atoms with van der Waals surface area (Å²) >= 11 is 5.66. The number of piperidine rings is 1. The maximum atomic E-state index is 13.0. The first-order chi connectivity index (χ1) is 9.46. The molecule has 0 radical (unpaired) electrons. The van der Waals surface area contributed by atoms with Gasteiger partial charge in [0.1, 0.15) is 5.82 Å². The van der Waals surface area contributed by atoms with Gasteiger partial charge in [0, 0.05) is 6.54 Å². The van der Waals surface area contributed by atoms with E-state index in [4.69, 9.17) is 11.6 Å². The second-order valence-electron chi connectivity index (χ2n) is 5.06. The van der Waals surface area contributed by atoms with E-state index in [-0.39, 0.29) is 23.2 Å². The normalized spacial score (nSPS) is 20.0. The monoisotopic (exact) mass is 320 g/mol. The van der Waals surface area contributed by atoms with Crippen LogP contribution in [0.5, 0.6) is 0 Å². The van der Waals surface area contributed by atoms with Crippen LogP contribution in [0.25, 0.3) is 0 Å². The summed E-state index contributed by atoms with van der Waals surface area (Å²) in [5.74, 6) is -0.237. The minimum atomic E-state index is -3.33. The molecule has 2 N–H and O–H groups in total. The van der Waals surface area contributed by atoms with E-state index < -0.39 is 15.8 Å². The van der Waals surface area contributed by atoms with E-state index in [1.807, 2.05) is 0 Å². The second-order valence-corrected chi connectivity index (χ2v) is 7.32. The molecule has 1 aromatic rings. The fourth-order valence-electron chi connectivity index (χ4n) is 2.28. The van der Waals surface area contributed by atoms with Gasteiger partial charge in [-0.05, 0) is 49.5 Å². The Morgan fingerprint density at radius 1 is 1.45 bits per heavy atom. The molecule has 1 aliphatic rings. The average Bonchev–Trinajstić information content (AvgIpc) is 2.41. The van der Waals surface area contributed by atoms with Crippen molar-refractivity contribution in [1.29, 1.82) is 0 Å². The Balaban J connectivity index is 1.89. The van der Waals surface area contributed by atoms with E-state index in [9.17, 15) is 12.8 Å². The molecule has 1 saturated heterocycles. The molecule has 0 aliphatic carbocycles. The predicted octanol–water partition coefficient (Wildman–Crippen LogP) is 1.90. The van der Waals surface area contributed by atoms with Crippen LogP contribution in [0.2, 0.25) is 5.02 Å². The van der Waals surface area contributed by atoms with Gasteiger partial charge >= 0.3 is 0 Å². The third-order valence-corrected chi connectivity index (χ3v) is 5.12. The van der Waals surface area contributed by atoms with Gasteiger partial charge in [0.25, 0.3) is 0 Å². The van der Waals surface area contributed by atoms with Gasteiger partial charge in [-0.1, -0.05) is 17.7 Å². The maximum absolute atomic E-state index is 13.0. The first kappa shape index (κ1) is 15.7. The number of benzene rings is 1. The molecule has 7 heteroatoms. The third kappa shape index (κ3) is 4.70. The van der Waals surface area contributed by atoms with Crippen LogP contribution in [0.1, 0.15) is 18.4 Å². The highest BCUT2D eigenvalue weighted by atomic mass is 35.5. The smallest absolute Gasteiger partial charge is 0.212 e. The van der Waals surface area contributed by atoms with E-state index in [1.54, 1.807) is 0 Å². The quantitative estimate of drug-likeness (QED) is 0.871. The standard InChI is InChI=1S/C13H18ClFN2O2S/c14-12-6-10(3-4-13(12)15)8-17-20(18,19)9-11-2-1-5-16-7-11/h3-4,6,11,16-17H,1-2,5,7-9H2. The van der Waals surface area contributed by atoms with Crippen LogP contribution in [0.4, 0.5) is 4.39 Å². The van der Waals surface area contributed by atoms with Gasteiger partial charge in [-0.3, -0.25) is 0 Å². The fraction of sp³-hybridized carbons (Fsp3) is 0.538. The molecule has 2 rings (SSSR count). The molecule has 4 nitrogen and oxygen atoms in total. The van der Waals surface area contributed by atoms with Gasteiger partial charge in [0.05, 0.1) is 10.8 Å². The van der Waals surface area contributed by atoms with Gasteiger partial charge < -0.3 is 5.32 Å². The van der Waals surface area contributed by atoms with E-state index in [0.29, 0.717) is 5.56 Å².